The molecule has 1 saturated heterocycles. The molecular weight excluding hydrogens is 327 g/mol. The van der Waals surface area contributed by atoms with Gasteiger partial charge in [-0.15, -0.1) is 0 Å². The van der Waals surface area contributed by atoms with Gasteiger partial charge in [0.1, 0.15) is 10.0 Å². The van der Waals surface area contributed by atoms with Gasteiger partial charge in [-0.05, 0) is 47.1 Å². The van der Waals surface area contributed by atoms with Gasteiger partial charge >= 0.3 is 12.1 Å². The molecule has 0 saturated carbocycles. The molecule has 0 aliphatic carbocycles. The van der Waals surface area contributed by atoms with Crippen LogP contribution in [0.15, 0.2) is 29.2 Å². The van der Waals surface area contributed by atoms with Gasteiger partial charge < -0.3 is 4.90 Å². The van der Waals surface area contributed by atoms with Crippen molar-refractivity contribution in [3.63, 3.8) is 0 Å². The normalized spacial score (nSPS) is 18.6. The molecule has 1 unspecified atom stereocenters. The average Bonchev–Trinajstić information content (AvgIpc) is 2.46. The topological polar surface area (TPSA) is 37.4 Å². The Morgan fingerprint density at radius 1 is 1.19 bits per heavy atom. The molecule has 1 aliphatic rings. The van der Waals surface area contributed by atoms with Crippen molar-refractivity contribution in [3.8, 4) is 0 Å². The van der Waals surface area contributed by atoms with Crippen molar-refractivity contribution < 1.29 is 22.2 Å². The number of likely N-dealkylation sites (tertiary alicyclic amines) is 1. The molecule has 116 valence electrons. The number of amides is 1. The van der Waals surface area contributed by atoms with E-state index in [1.807, 2.05) is 0 Å². The van der Waals surface area contributed by atoms with Crippen LogP contribution in [0.3, 0.4) is 0 Å². The molecule has 1 heterocycles. The van der Waals surface area contributed by atoms with Gasteiger partial charge in [0.25, 0.3) is 0 Å². The second kappa shape index (κ2) is 6.36. The summed E-state index contributed by atoms with van der Waals surface area (Å²) in [7, 11) is 3.89. The van der Waals surface area contributed by atoms with Gasteiger partial charge in [-0.2, -0.15) is 13.2 Å². The van der Waals surface area contributed by atoms with Crippen LogP contribution in [0.4, 0.5) is 13.2 Å². The number of nitrogens with zero attached hydrogens (tertiary/aromatic N) is 1. The minimum Gasteiger partial charge on any atom is -0.335 e. The van der Waals surface area contributed by atoms with E-state index in [4.69, 9.17) is 10.7 Å². The molecule has 3 nitrogen and oxygen atoms in total. The second-order valence-corrected chi connectivity index (χ2v) is 6.62. The fraction of sp³-hybridized carbons (Fsp3) is 0.462. The maximum Gasteiger partial charge on any atom is 0.471 e. The van der Waals surface area contributed by atoms with Gasteiger partial charge in [-0.25, -0.2) is 4.21 Å². The standard InChI is InChI=1S/C13H13ClF3NO2S/c14-21(20)11-3-1-9(2-4-11)10-5-7-18(8-6-10)12(19)13(15,16)17/h1-4,10H,5-8H2. The Labute approximate surface area is 127 Å². The Kier molecular flexibility index (Phi) is 4.93. The van der Waals surface area contributed by atoms with Crippen molar-refractivity contribution in [1.82, 2.24) is 4.90 Å². The summed E-state index contributed by atoms with van der Waals surface area (Å²) in [6, 6.07) is 6.85. The summed E-state index contributed by atoms with van der Waals surface area (Å²) < 4.78 is 48.1. The molecule has 0 radical (unpaired) electrons. The third-order valence-corrected chi connectivity index (χ3v) is 4.74. The van der Waals surface area contributed by atoms with Gasteiger partial charge in [0.15, 0.2) is 0 Å². The maximum absolute atomic E-state index is 12.3. The van der Waals surface area contributed by atoms with Crippen molar-refractivity contribution in [2.24, 2.45) is 0 Å². The minimum atomic E-state index is -4.81. The zero-order valence-corrected chi connectivity index (χ0v) is 12.5. The Morgan fingerprint density at radius 2 is 1.71 bits per heavy atom. The number of carbonyl (C=O) groups excluding carboxylic acids is 1. The fourth-order valence-electron chi connectivity index (χ4n) is 2.44. The molecule has 1 aliphatic heterocycles. The van der Waals surface area contributed by atoms with E-state index in [9.17, 15) is 22.2 Å². The van der Waals surface area contributed by atoms with Crippen molar-refractivity contribution >= 4 is 26.6 Å². The van der Waals surface area contributed by atoms with Crippen molar-refractivity contribution in [2.75, 3.05) is 13.1 Å². The fourth-order valence-corrected chi connectivity index (χ4v) is 3.10. The summed E-state index contributed by atoms with van der Waals surface area (Å²) >= 11 is 0. The predicted octanol–water partition coefficient (Wildman–Crippen LogP) is 3.22. The zero-order valence-electron chi connectivity index (χ0n) is 10.9. The number of piperidine rings is 1. The Morgan fingerprint density at radius 3 is 2.14 bits per heavy atom. The Balaban J connectivity index is 1.98. The van der Waals surface area contributed by atoms with Gasteiger partial charge in [0.05, 0.1) is 4.90 Å². The number of carbonyl (C=O) groups is 1. The molecular formula is C13H13ClF3NO2S. The molecule has 1 aromatic carbocycles. The zero-order chi connectivity index (χ0) is 15.6. The number of hydrogen-bond donors (Lipinski definition) is 0. The summed E-state index contributed by atoms with van der Waals surface area (Å²) in [5.41, 5.74) is 0.958. The molecule has 1 aromatic rings. The van der Waals surface area contributed by atoms with Crippen LogP contribution >= 0.6 is 10.7 Å². The maximum atomic E-state index is 12.3. The third-order valence-electron chi connectivity index (χ3n) is 3.56. The van der Waals surface area contributed by atoms with E-state index in [-0.39, 0.29) is 19.0 Å². The molecule has 2 rings (SSSR count). The second-order valence-electron chi connectivity index (χ2n) is 4.86. The van der Waals surface area contributed by atoms with E-state index in [0.29, 0.717) is 17.7 Å². The first-order chi connectivity index (χ1) is 9.79. The van der Waals surface area contributed by atoms with Crippen LogP contribution in [0, 0.1) is 0 Å². The van der Waals surface area contributed by atoms with Gasteiger partial charge in [-0.1, -0.05) is 12.1 Å². The van der Waals surface area contributed by atoms with Crippen LogP contribution in [0.5, 0.6) is 0 Å². The lowest BCUT2D eigenvalue weighted by Crippen LogP contribution is -2.45. The lowest BCUT2D eigenvalue weighted by atomic mass is 9.89. The van der Waals surface area contributed by atoms with E-state index in [1.165, 1.54) is 0 Å². The van der Waals surface area contributed by atoms with Gasteiger partial charge in [-0.3, -0.25) is 4.79 Å². The lowest BCUT2D eigenvalue weighted by Gasteiger charge is -2.32. The molecule has 1 amide bonds. The van der Waals surface area contributed by atoms with Crippen molar-refractivity contribution in [1.29, 1.82) is 0 Å². The summed E-state index contributed by atoms with van der Waals surface area (Å²) in [6.45, 7) is 0.179. The first-order valence-electron chi connectivity index (χ1n) is 6.33. The number of rotatable bonds is 2. The summed E-state index contributed by atoms with van der Waals surface area (Å²) in [6.07, 6.45) is -3.85. The first kappa shape index (κ1) is 16.3. The van der Waals surface area contributed by atoms with Crippen LogP contribution in [-0.2, 0) is 14.8 Å². The molecule has 21 heavy (non-hydrogen) atoms. The van der Waals surface area contributed by atoms with Gasteiger partial charge in [0, 0.05) is 13.1 Å². The smallest absolute Gasteiger partial charge is 0.335 e. The highest BCUT2D eigenvalue weighted by molar-refractivity contribution is 8.08. The molecule has 0 N–H and O–H groups in total. The van der Waals surface area contributed by atoms with Crippen molar-refractivity contribution in [2.45, 2.75) is 29.8 Å². The van der Waals surface area contributed by atoms with E-state index in [2.05, 4.69) is 0 Å². The van der Waals surface area contributed by atoms with Crippen LogP contribution < -0.4 is 0 Å². The van der Waals surface area contributed by atoms with Gasteiger partial charge in [0.2, 0.25) is 0 Å². The Hall–Kier alpha value is -1.08. The third kappa shape index (κ3) is 3.97. The monoisotopic (exact) mass is 339 g/mol. The number of halogens is 4. The highest BCUT2D eigenvalue weighted by atomic mass is 35.7. The Bertz CT molecular complexity index is 539. The van der Waals surface area contributed by atoms with Crippen molar-refractivity contribution in [3.05, 3.63) is 29.8 Å². The SMILES string of the molecule is O=C(N1CCC(c2ccc(S(=O)Cl)cc2)CC1)C(F)(F)F. The van der Waals surface area contributed by atoms with E-state index in [0.717, 1.165) is 10.5 Å². The number of alkyl halides is 3. The molecule has 0 spiro atoms. The summed E-state index contributed by atoms with van der Waals surface area (Å²) in [5, 5.41) is 0. The first-order valence-corrected chi connectivity index (χ1v) is 8.30. The minimum absolute atomic E-state index is 0.0895. The highest BCUT2D eigenvalue weighted by Gasteiger charge is 2.43. The van der Waals surface area contributed by atoms with Crippen LogP contribution in [-0.4, -0.2) is 34.3 Å². The molecule has 1 fully saturated rings. The lowest BCUT2D eigenvalue weighted by molar-refractivity contribution is -0.186. The molecule has 0 aromatic heterocycles. The van der Waals surface area contributed by atoms with Crippen LogP contribution in [0.2, 0.25) is 0 Å². The van der Waals surface area contributed by atoms with Crippen LogP contribution in [0.25, 0.3) is 0 Å². The number of hydrogen-bond acceptors (Lipinski definition) is 2. The quantitative estimate of drug-likeness (QED) is 0.776. The average molecular weight is 340 g/mol. The predicted molar refractivity (Wildman–Crippen MR) is 73.3 cm³/mol. The highest BCUT2D eigenvalue weighted by Crippen LogP contribution is 2.30. The molecule has 8 heteroatoms. The van der Waals surface area contributed by atoms with Crippen LogP contribution in [0.1, 0.15) is 24.3 Å². The molecule has 1 atom stereocenters. The number of benzene rings is 1. The summed E-state index contributed by atoms with van der Waals surface area (Å²) in [4.78, 5) is 12.5. The van der Waals surface area contributed by atoms with E-state index in [1.54, 1.807) is 24.3 Å². The largest absolute Gasteiger partial charge is 0.471 e. The molecule has 0 bridgehead atoms. The van der Waals surface area contributed by atoms with E-state index < -0.39 is 22.1 Å². The van der Waals surface area contributed by atoms with E-state index >= 15 is 0 Å². The summed E-state index contributed by atoms with van der Waals surface area (Å²) in [5.74, 6) is -1.67.